The Bertz CT molecular complexity index is 1020. The number of carbonyl (C=O) groups is 4. The molecule has 0 aromatic heterocycles. The monoisotopic (exact) mass is 426 g/mol. The molecule has 0 fully saturated rings. The number of hydrogen-bond donors (Lipinski definition) is 1. The number of imide groups is 1. The van der Waals surface area contributed by atoms with Gasteiger partial charge in [-0.2, -0.15) is 0 Å². The molecule has 1 aliphatic heterocycles. The van der Waals surface area contributed by atoms with E-state index in [1.807, 2.05) is 6.92 Å². The fourth-order valence-corrected chi connectivity index (χ4v) is 3.27. The van der Waals surface area contributed by atoms with Crippen molar-refractivity contribution in [3.05, 3.63) is 70.5 Å². The minimum atomic E-state index is -0.778. The third-order valence-corrected chi connectivity index (χ3v) is 5.02. The van der Waals surface area contributed by atoms with Gasteiger partial charge in [0.1, 0.15) is 5.82 Å². The maximum atomic E-state index is 13.0. The summed E-state index contributed by atoms with van der Waals surface area (Å²) in [7, 11) is 0. The summed E-state index contributed by atoms with van der Waals surface area (Å²) in [6.45, 7) is 3.50. The van der Waals surface area contributed by atoms with Gasteiger partial charge in [-0.05, 0) is 49.2 Å². The van der Waals surface area contributed by atoms with Gasteiger partial charge < -0.3 is 10.1 Å². The van der Waals surface area contributed by atoms with Gasteiger partial charge in [0.05, 0.1) is 22.7 Å². The van der Waals surface area contributed by atoms with Crippen LogP contribution in [-0.2, 0) is 9.53 Å². The number of halogens is 1. The summed E-state index contributed by atoms with van der Waals surface area (Å²) < 4.78 is 18.0. The van der Waals surface area contributed by atoms with Crippen LogP contribution in [0.4, 0.5) is 4.39 Å². The molecule has 1 atom stereocenters. The van der Waals surface area contributed by atoms with Crippen molar-refractivity contribution in [2.75, 3.05) is 13.2 Å². The quantitative estimate of drug-likeness (QED) is 0.517. The molecule has 0 saturated carbocycles. The van der Waals surface area contributed by atoms with E-state index in [9.17, 15) is 23.6 Å². The Balaban J connectivity index is 1.59. The molecule has 31 heavy (non-hydrogen) atoms. The highest BCUT2D eigenvalue weighted by molar-refractivity contribution is 6.21. The Morgan fingerprint density at radius 2 is 1.74 bits per heavy atom. The lowest BCUT2D eigenvalue weighted by atomic mass is 10.1. The first kappa shape index (κ1) is 22.1. The molecule has 3 rings (SSSR count). The maximum absolute atomic E-state index is 13.0. The summed E-state index contributed by atoms with van der Waals surface area (Å²) in [4.78, 5) is 50.5. The lowest BCUT2D eigenvalue weighted by Gasteiger charge is -2.14. The highest BCUT2D eigenvalue weighted by atomic mass is 19.1. The molecule has 8 heteroatoms. The molecule has 2 aromatic carbocycles. The third kappa shape index (κ3) is 4.96. The molecule has 2 aromatic rings. The standard InChI is InChI=1S/C23H23FN2O5/c1-3-4-11-26-21(28)18-10-7-16(12-19(18)22(26)29)23(30)31-13-20(27)25-14(2)15-5-8-17(24)9-6-15/h5-10,12,14H,3-4,11,13H2,1-2H3,(H,25,27). The normalized spacial score (nSPS) is 13.7. The predicted octanol–water partition coefficient (Wildman–Crippen LogP) is 3.26. The number of fused-ring (bicyclic) bond motifs is 1. The number of nitrogens with zero attached hydrogens (tertiary/aromatic N) is 1. The van der Waals surface area contributed by atoms with E-state index < -0.39 is 30.4 Å². The van der Waals surface area contributed by atoms with Gasteiger partial charge in [-0.25, -0.2) is 9.18 Å². The van der Waals surface area contributed by atoms with E-state index in [2.05, 4.69) is 5.32 Å². The van der Waals surface area contributed by atoms with Gasteiger partial charge >= 0.3 is 5.97 Å². The van der Waals surface area contributed by atoms with Crippen LogP contribution in [0.3, 0.4) is 0 Å². The summed E-state index contributed by atoms with van der Waals surface area (Å²) in [6.07, 6.45) is 1.54. The van der Waals surface area contributed by atoms with E-state index in [4.69, 9.17) is 4.74 Å². The van der Waals surface area contributed by atoms with Crippen LogP contribution in [0.25, 0.3) is 0 Å². The molecular formula is C23H23FN2O5. The lowest BCUT2D eigenvalue weighted by Crippen LogP contribution is -2.31. The Kier molecular flexibility index (Phi) is 6.79. The Hall–Kier alpha value is -3.55. The van der Waals surface area contributed by atoms with Crippen LogP contribution in [-0.4, -0.2) is 41.7 Å². The number of unbranched alkanes of at least 4 members (excludes halogenated alkanes) is 1. The van der Waals surface area contributed by atoms with Crippen molar-refractivity contribution in [2.24, 2.45) is 0 Å². The molecule has 0 bridgehead atoms. The smallest absolute Gasteiger partial charge is 0.338 e. The van der Waals surface area contributed by atoms with E-state index >= 15 is 0 Å². The number of esters is 1. The topological polar surface area (TPSA) is 92.8 Å². The largest absolute Gasteiger partial charge is 0.452 e. The van der Waals surface area contributed by atoms with Crippen molar-refractivity contribution < 1.29 is 28.3 Å². The highest BCUT2D eigenvalue weighted by Gasteiger charge is 2.35. The number of ether oxygens (including phenoxy) is 1. The number of amides is 3. The Labute approximate surface area is 179 Å². The lowest BCUT2D eigenvalue weighted by molar-refractivity contribution is -0.124. The van der Waals surface area contributed by atoms with E-state index in [0.717, 1.165) is 6.42 Å². The average Bonchev–Trinajstić information content (AvgIpc) is 3.00. The van der Waals surface area contributed by atoms with Crippen molar-refractivity contribution in [2.45, 2.75) is 32.7 Å². The molecule has 1 unspecified atom stereocenters. The fourth-order valence-electron chi connectivity index (χ4n) is 3.27. The van der Waals surface area contributed by atoms with Gasteiger partial charge in [-0.1, -0.05) is 25.5 Å². The highest BCUT2D eigenvalue weighted by Crippen LogP contribution is 2.24. The van der Waals surface area contributed by atoms with Gasteiger partial charge in [0.2, 0.25) is 0 Å². The predicted molar refractivity (Wildman–Crippen MR) is 110 cm³/mol. The van der Waals surface area contributed by atoms with E-state index in [1.165, 1.54) is 35.2 Å². The summed E-state index contributed by atoms with van der Waals surface area (Å²) in [5.74, 6) is -2.49. The molecule has 0 saturated heterocycles. The molecule has 0 aliphatic carbocycles. The molecule has 1 heterocycles. The van der Waals surface area contributed by atoms with Gasteiger partial charge in [-0.3, -0.25) is 19.3 Å². The minimum Gasteiger partial charge on any atom is -0.452 e. The van der Waals surface area contributed by atoms with Crippen LogP contribution >= 0.6 is 0 Å². The first-order valence-electron chi connectivity index (χ1n) is 10.0. The SMILES string of the molecule is CCCCN1C(=O)c2ccc(C(=O)OCC(=O)NC(C)c3ccc(F)cc3)cc2C1=O. The van der Waals surface area contributed by atoms with Crippen LogP contribution in [0.5, 0.6) is 0 Å². The first-order valence-corrected chi connectivity index (χ1v) is 10.0. The maximum Gasteiger partial charge on any atom is 0.338 e. The molecule has 0 radical (unpaired) electrons. The van der Waals surface area contributed by atoms with Gasteiger partial charge in [0, 0.05) is 6.54 Å². The summed E-state index contributed by atoms with van der Waals surface area (Å²) in [6, 6.07) is 9.44. The zero-order chi connectivity index (χ0) is 22.5. The van der Waals surface area contributed by atoms with Crippen LogP contribution in [0.1, 0.15) is 69.4 Å². The van der Waals surface area contributed by atoms with Crippen molar-refractivity contribution >= 4 is 23.7 Å². The van der Waals surface area contributed by atoms with Crippen molar-refractivity contribution in [1.29, 1.82) is 0 Å². The second-order valence-electron chi connectivity index (χ2n) is 7.29. The van der Waals surface area contributed by atoms with Crippen molar-refractivity contribution in [3.63, 3.8) is 0 Å². The second-order valence-corrected chi connectivity index (χ2v) is 7.29. The number of benzene rings is 2. The van der Waals surface area contributed by atoms with E-state index in [0.29, 0.717) is 18.5 Å². The molecule has 3 amide bonds. The van der Waals surface area contributed by atoms with Gasteiger partial charge in [0.15, 0.2) is 6.61 Å². The number of rotatable bonds is 8. The fraction of sp³-hybridized carbons (Fsp3) is 0.304. The Morgan fingerprint density at radius 1 is 1.06 bits per heavy atom. The van der Waals surface area contributed by atoms with Gasteiger partial charge in [-0.15, -0.1) is 0 Å². The Morgan fingerprint density at radius 3 is 2.42 bits per heavy atom. The molecule has 1 N–H and O–H groups in total. The number of hydrogen-bond acceptors (Lipinski definition) is 5. The molecule has 162 valence electrons. The van der Waals surface area contributed by atoms with E-state index in [-0.39, 0.29) is 28.4 Å². The van der Waals surface area contributed by atoms with Crippen LogP contribution in [0, 0.1) is 5.82 Å². The van der Waals surface area contributed by atoms with Crippen LogP contribution in [0.2, 0.25) is 0 Å². The van der Waals surface area contributed by atoms with E-state index in [1.54, 1.807) is 19.1 Å². The van der Waals surface area contributed by atoms with Crippen molar-refractivity contribution in [1.82, 2.24) is 10.2 Å². The summed E-state index contributed by atoms with van der Waals surface area (Å²) in [5, 5.41) is 2.66. The summed E-state index contributed by atoms with van der Waals surface area (Å²) >= 11 is 0. The zero-order valence-electron chi connectivity index (χ0n) is 17.3. The first-order chi connectivity index (χ1) is 14.8. The molecular weight excluding hydrogens is 403 g/mol. The average molecular weight is 426 g/mol. The number of carbonyl (C=O) groups excluding carboxylic acids is 4. The molecule has 0 spiro atoms. The second kappa shape index (κ2) is 9.51. The van der Waals surface area contributed by atoms with Crippen LogP contribution < -0.4 is 5.32 Å². The zero-order valence-corrected chi connectivity index (χ0v) is 17.3. The molecule has 1 aliphatic rings. The number of nitrogens with one attached hydrogen (secondary N) is 1. The third-order valence-electron chi connectivity index (χ3n) is 5.02. The minimum absolute atomic E-state index is 0.0802. The van der Waals surface area contributed by atoms with Gasteiger partial charge in [0.25, 0.3) is 17.7 Å². The molecule has 7 nitrogen and oxygen atoms in total. The van der Waals surface area contributed by atoms with Crippen LogP contribution in [0.15, 0.2) is 42.5 Å². The summed E-state index contributed by atoms with van der Waals surface area (Å²) in [5.41, 5.74) is 1.19. The van der Waals surface area contributed by atoms with Crippen molar-refractivity contribution in [3.8, 4) is 0 Å².